The minimum atomic E-state index is 0.0201. The van der Waals surface area contributed by atoms with Crippen molar-refractivity contribution in [3.05, 3.63) is 52.2 Å². The number of hydrogen-bond donors (Lipinski definition) is 1. The lowest BCUT2D eigenvalue weighted by Gasteiger charge is -2.34. The quantitative estimate of drug-likeness (QED) is 0.788. The van der Waals surface area contributed by atoms with Gasteiger partial charge in [-0.15, -0.1) is 11.3 Å². The van der Waals surface area contributed by atoms with E-state index in [1.54, 1.807) is 7.11 Å². The number of nitrogens with zero attached hydrogens (tertiary/aromatic N) is 2. The van der Waals surface area contributed by atoms with Crippen molar-refractivity contribution >= 4 is 23.2 Å². The molecule has 1 aromatic carbocycles. The second kappa shape index (κ2) is 9.53. The molecule has 1 saturated heterocycles. The Morgan fingerprint density at radius 2 is 1.85 bits per heavy atom. The van der Waals surface area contributed by atoms with Crippen molar-refractivity contribution in [2.24, 2.45) is 0 Å². The molecule has 3 rings (SSSR count). The minimum Gasteiger partial charge on any atom is -0.497 e. The van der Waals surface area contributed by atoms with E-state index in [0.717, 1.165) is 48.9 Å². The SMILES string of the molecule is COc1ccc(CC(=O)NCCN2CCN(C(=O)c3cccs3)CC2)cc1. The van der Waals surface area contributed by atoms with Gasteiger partial charge in [-0.05, 0) is 29.1 Å². The summed E-state index contributed by atoms with van der Waals surface area (Å²) in [5.74, 6) is 0.931. The summed E-state index contributed by atoms with van der Waals surface area (Å²) in [6, 6.07) is 11.3. The second-order valence-corrected chi connectivity index (χ2v) is 7.43. The number of benzene rings is 1. The van der Waals surface area contributed by atoms with Crippen molar-refractivity contribution in [2.75, 3.05) is 46.4 Å². The number of amides is 2. The molecule has 1 fully saturated rings. The molecule has 1 aliphatic heterocycles. The van der Waals surface area contributed by atoms with Gasteiger partial charge in [0.25, 0.3) is 5.91 Å². The topological polar surface area (TPSA) is 61.9 Å². The zero-order chi connectivity index (χ0) is 19.1. The number of ether oxygens (including phenoxy) is 1. The normalized spacial score (nSPS) is 14.8. The van der Waals surface area contributed by atoms with Crippen LogP contribution in [0.2, 0.25) is 0 Å². The van der Waals surface area contributed by atoms with Crippen molar-refractivity contribution in [1.29, 1.82) is 0 Å². The van der Waals surface area contributed by atoms with Crippen LogP contribution < -0.4 is 10.1 Å². The number of carbonyl (C=O) groups excluding carboxylic acids is 2. The Balaban J connectivity index is 1.34. The number of hydrogen-bond acceptors (Lipinski definition) is 5. The lowest BCUT2D eigenvalue weighted by atomic mass is 10.1. The molecule has 2 aromatic rings. The summed E-state index contributed by atoms with van der Waals surface area (Å²) < 4.78 is 5.12. The van der Waals surface area contributed by atoms with Gasteiger partial charge < -0.3 is 15.0 Å². The third-order valence-electron chi connectivity index (χ3n) is 4.67. The number of piperazine rings is 1. The number of methoxy groups -OCH3 is 1. The zero-order valence-corrected chi connectivity index (χ0v) is 16.3. The summed E-state index contributed by atoms with van der Waals surface area (Å²) in [5, 5.41) is 4.90. The van der Waals surface area contributed by atoms with Crippen LogP contribution in [0.5, 0.6) is 5.75 Å². The van der Waals surface area contributed by atoms with Crippen LogP contribution in [0, 0.1) is 0 Å². The Morgan fingerprint density at radius 1 is 1.11 bits per heavy atom. The smallest absolute Gasteiger partial charge is 0.264 e. The summed E-state index contributed by atoms with van der Waals surface area (Å²) in [7, 11) is 1.62. The fraction of sp³-hybridized carbons (Fsp3) is 0.400. The fourth-order valence-corrected chi connectivity index (χ4v) is 3.77. The van der Waals surface area contributed by atoms with E-state index in [0.29, 0.717) is 13.0 Å². The van der Waals surface area contributed by atoms with Crippen LogP contribution in [0.25, 0.3) is 0 Å². The van der Waals surface area contributed by atoms with Gasteiger partial charge in [0.1, 0.15) is 5.75 Å². The highest BCUT2D eigenvalue weighted by molar-refractivity contribution is 7.12. The largest absolute Gasteiger partial charge is 0.497 e. The Hall–Kier alpha value is -2.38. The van der Waals surface area contributed by atoms with Crippen LogP contribution in [0.3, 0.4) is 0 Å². The maximum Gasteiger partial charge on any atom is 0.264 e. The Kier molecular flexibility index (Phi) is 6.84. The first-order valence-corrected chi connectivity index (χ1v) is 9.98. The van der Waals surface area contributed by atoms with Gasteiger partial charge in [-0.25, -0.2) is 0 Å². The third-order valence-corrected chi connectivity index (χ3v) is 5.52. The van der Waals surface area contributed by atoms with Gasteiger partial charge in [-0.1, -0.05) is 18.2 Å². The molecule has 2 heterocycles. The highest BCUT2D eigenvalue weighted by Gasteiger charge is 2.22. The molecule has 0 spiro atoms. The molecule has 0 radical (unpaired) electrons. The van der Waals surface area contributed by atoms with E-state index in [2.05, 4.69) is 10.2 Å². The Morgan fingerprint density at radius 3 is 2.48 bits per heavy atom. The van der Waals surface area contributed by atoms with E-state index in [-0.39, 0.29) is 11.8 Å². The maximum atomic E-state index is 12.3. The Bertz CT molecular complexity index is 738. The highest BCUT2D eigenvalue weighted by Crippen LogP contribution is 2.14. The number of carbonyl (C=O) groups is 2. The molecular weight excluding hydrogens is 362 g/mol. The van der Waals surface area contributed by atoms with Gasteiger partial charge in [0.2, 0.25) is 5.91 Å². The van der Waals surface area contributed by atoms with Crippen molar-refractivity contribution in [3.8, 4) is 5.75 Å². The van der Waals surface area contributed by atoms with Crippen LogP contribution in [0.1, 0.15) is 15.2 Å². The van der Waals surface area contributed by atoms with Crippen LogP contribution in [0.4, 0.5) is 0 Å². The molecule has 1 aliphatic rings. The molecule has 0 atom stereocenters. The molecule has 2 amide bonds. The number of thiophene rings is 1. The zero-order valence-electron chi connectivity index (χ0n) is 15.5. The fourth-order valence-electron chi connectivity index (χ4n) is 3.08. The van der Waals surface area contributed by atoms with Gasteiger partial charge in [-0.3, -0.25) is 14.5 Å². The van der Waals surface area contributed by atoms with Crippen LogP contribution in [0.15, 0.2) is 41.8 Å². The molecule has 7 heteroatoms. The van der Waals surface area contributed by atoms with Crippen LogP contribution in [-0.4, -0.2) is 68.0 Å². The molecule has 0 unspecified atom stereocenters. The molecule has 144 valence electrons. The predicted molar refractivity (Wildman–Crippen MR) is 106 cm³/mol. The molecular formula is C20H25N3O3S. The molecule has 0 bridgehead atoms. The highest BCUT2D eigenvalue weighted by atomic mass is 32.1. The first-order valence-electron chi connectivity index (χ1n) is 9.10. The summed E-state index contributed by atoms with van der Waals surface area (Å²) in [6.07, 6.45) is 0.368. The maximum absolute atomic E-state index is 12.3. The average molecular weight is 388 g/mol. The first-order chi connectivity index (χ1) is 13.2. The summed E-state index contributed by atoms with van der Waals surface area (Å²) in [6.45, 7) is 4.56. The molecule has 0 aliphatic carbocycles. The van der Waals surface area contributed by atoms with E-state index in [1.807, 2.05) is 46.7 Å². The van der Waals surface area contributed by atoms with E-state index in [4.69, 9.17) is 4.74 Å². The van der Waals surface area contributed by atoms with Crippen molar-refractivity contribution in [2.45, 2.75) is 6.42 Å². The van der Waals surface area contributed by atoms with E-state index < -0.39 is 0 Å². The van der Waals surface area contributed by atoms with Gasteiger partial charge >= 0.3 is 0 Å². The predicted octanol–water partition coefficient (Wildman–Crippen LogP) is 1.87. The van der Waals surface area contributed by atoms with Crippen molar-refractivity contribution < 1.29 is 14.3 Å². The first kappa shape index (κ1) is 19.4. The monoisotopic (exact) mass is 387 g/mol. The minimum absolute atomic E-state index is 0.0201. The number of rotatable bonds is 7. The molecule has 27 heavy (non-hydrogen) atoms. The van der Waals surface area contributed by atoms with Crippen LogP contribution in [-0.2, 0) is 11.2 Å². The summed E-state index contributed by atoms with van der Waals surface area (Å²) in [4.78, 5) is 29.4. The van der Waals surface area contributed by atoms with E-state index >= 15 is 0 Å². The lowest BCUT2D eigenvalue weighted by molar-refractivity contribution is -0.120. The summed E-state index contributed by atoms with van der Waals surface area (Å²) in [5.41, 5.74) is 0.967. The van der Waals surface area contributed by atoms with Gasteiger partial charge in [0.15, 0.2) is 0 Å². The Labute approximate surface area is 163 Å². The molecule has 0 saturated carbocycles. The standard InChI is InChI=1S/C20H25N3O3S/c1-26-17-6-4-16(5-7-17)15-19(24)21-8-9-22-10-12-23(13-11-22)20(25)18-3-2-14-27-18/h2-7,14H,8-13,15H2,1H3,(H,21,24). The second-order valence-electron chi connectivity index (χ2n) is 6.49. The lowest BCUT2D eigenvalue weighted by Crippen LogP contribution is -2.50. The van der Waals surface area contributed by atoms with Crippen LogP contribution >= 0.6 is 11.3 Å². The third kappa shape index (κ3) is 5.55. The van der Waals surface area contributed by atoms with Gasteiger partial charge in [-0.2, -0.15) is 0 Å². The van der Waals surface area contributed by atoms with Gasteiger partial charge in [0.05, 0.1) is 18.4 Å². The number of nitrogens with one attached hydrogen (secondary N) is 1. The average Bonchev–Trinajstić information content (AvgIpc) is 3.23. The summed E-state index contributed by atoms with van der Waals surface area (Å²) >= 11 is 1.49. The van der Waals surface area contributed by atoms with Gasteiger partial charge in [0, 0.05) is 39.3 Å². The van der Waals surface area contributed by atoms with Crippen molar-refractivity contribution in [1.82, 2.24) is 15.1 Å². The molecule has 1 aromatic heterocycles. The van der Waals surface area contributed by atoms with E-state index in [1.165, 1.54) is 11.3 Å². The van der Waals surface area contributed by atoms with Crippen molar-refractivity contribution in [3.63, 3.8) is 0 Å². The molecule has 6 nitrogen and oxygen atoms in total. The molecule has 1 N–H and O–H groups in total. The van der Waals surface area contributed by atoms with E-state index in [9.17, 15) is 9.59 Å².